The first-order chi connectivity index (χ1) is 14.7. The van der Waals surface area contributed by atoms with Crippen molar-refractivity contribution in [2.45, 2.75) is 63.8 Å². The summed E-state index contributed by atoms with van der Waals surface area (Å²) in [6.45, 7) is 12.3. The third-order valence-electron chi connectivity index (χ3n) is 6.44. The van der Waals surface area contributed by atoms with Crippen LogP contribution in [0.15, 0.2) is 65.0 Å². The molecular weight excluding hydrogens is 420 g/mol. The molecule has 0 amide bonds. The number of benzene rings is 2. The topological polar surface area (TPSA) is 41.9 Å². The first-order valence-electron chi connectivity index (χ1n) is 11.3. The minimum absolute atomic E-state index is 0.00837. The molecule has 31 heavy (non-hydrogen) atoms. The van der Waals surface area contributed by atoms with Gasteiger partial charge in [0.2, 0.25) is 0 Å². The molecule has 2 atom stereocenters. The highest BCUT2D eigenvalue weighted by molar-refractivity contribution is 7.91. The van der Waals surface area contributed by atoms with Crippen molar-refractivity contribution >= 4 is 28.6 Å². The first-order valence-corrected chi connectivity index (χ1v) is 14.8. The predicted molar refractivity (Wildman–Crippen MR) is 135 cm³/mol. The molecule has 1 fully saturated rings. The maximum atomic E-state index is 13.6. The Labute approximate surface area is 190 Å². The van der Waals surface area contributed by atoms with E-state index in [4.69, 9.17) is 4.43 Å². The molecule has 6 heteroatoms. The molecule has 0 radical (unpaired) electrons. The molecule has 1 aliphatic rings. The molecule has 0 aliphatic carbocycles. The maximum absolute atomic E-state index is 13.6. The lowest BCUT2D eigenvalue weighted by atomic mass is 10.2. The van der Waals surface area contributed by atoms with Gasteiger partial charge in [-0.2, -0.15) is 0 Å². The zero-order valence-electron chi connectivity index (χ0n) is 19.9. The quantitative estimate of drug-likeness (QED) is 0.575. The molecule has 2 aromatic rings. The van der Waals surface area contributed by atoms with Crippen LogP contribution in [0.2, 0.25) is 5.04 Å². The van der Waals surface area contributed by atoms with Crippen LogP contribution in [0.4, 0.5) is 0 Å². The van der Waals surface area contributed by atoms with Crippen molar-refractivity contribution in [2.75, 3.05) is 20.2 Å². The van der Waals surface area contributed by atoms with Crippen molar-refractivity contribution in [2.24, 2.45) is 4.36 Å². The van der Waals surface area contributed by atoms with Gasteiger partial charge in [-0.15, -0.1) is 0 Å². The number of nitrogens with zero attached hydrogens (tertiary/aromatic N) is 2. The Bertz CT molecular complexity index is 925. The van der Waals surface area contributed by atoms with Crippen LogP contribution in [0.3, 0.4) is 0 Å². The molecule has 3 rings (SSSR count). The summed E-state index contributed by atoms with van der Waals surface area (Å²) in [4.78, 5) is 0. The Morgan fingerprint density at radius 1 is 1.06 bits per heavy atom. The van der Waals surface area contributed by atoms with Gasteiger partial charge in [-0.3, -0.25) is 0 Å². The van der Waals surface area contributed by atoms with Gasteiger partial charge in [0.1, 0.15) is 9.92 Å². The van der Waals surface area contributed by atoms with E-state index in [-0.39, 0.29) is 16.3 Å². The number of hydrogen-bond acceptors (Lipinski definition) is 3. The second-order valence-electron chi connectivity index (χ2n) is 9.68. The highest BCUT2D eigenvalue weighted by Crippen LogP contribution is 2.37. The molecule has 4 nitrogen and oxygen atoms in total. The zero-order valence-corrected chi connectivity index (χ0v) is 21.7. The number of rotatable bonds is 7. The molecule has 1 saturated heterocycles. The molecule has 0 aromatic heterocycles. The molecule has 0 N–H and O–H groups in total. The normalized spacial score (nSPS) is 20.0. The minimum atomic E-state index is -2.59. The first kappa shape index (κ1) is 24.2. The van der Waals surface area contributed by atoms with Crippen molar-refractivity contribution in [3.8, 4) is 0 Å². The number of hydrogen-bond donors (Lipinski definition) is 0. The fraction of sp³-hybridized carbons (Fsp3) is 0.520. The van der Waals surface area contributed by atoms with Crippen molar-refractivity contribution < 1.29 is 8.63 Å². The van der Waals surface area contributed by atoms with E-state index in [1.807, 2.05) is 13.8 Å². The van der Waals surface area contributed by atoms with Gasteiger partial charge in [0.05, 0.1) is 11.9 Å². The Hall–Kier alpha value is -1.47. The van der Waals surface area contributed by atoms with E-state index < -0.39 is 18.2 Å². The van der Waals surface area contributed by atoms with E-state index in [0.29, 0.717) is 6.61 Å². The molecule has 2 aromatic carbocycles. The monoisotopic (exact) mass is 458 g/mol. The average Bonchev–Trinajstić information content (AvgIpc) is 3.23. The van der Waals surface area contributed by atoms with Gasteiger partial charge in [0.15, 0.2) is 0 Å². The van der Waals surface area contributed by atoms with Gasteiger partial charge in [-0.25, -0.2) is 12.9 Å². The fourth-order valence-corrected chi connectivity index (χ4v) is 11.6. The van der Waals surface area contributed by atoms with Crippen LogP contribution in [0.5, 0.6) is 0 Å². The Morgan fingerprint density at radius 2 is 1.58 bits per heavy atom. The summed E-state index contributed by atoms with van der Waals surface area (Å²) < 4.78 is 27.3. The summed E-state index contributed by atoms with van der Waals surface area (Å²) in [5, 5.41) is 2.49. The Kier molecular flexibility index (Phi) is 7.46. The van der Waals surface area contributed by atoms with Crippen LogP contribution in [0.25, 0.3) is 0 Å². The summed E-state index contributed by atoms with van der Waals surface area (Å²) >= 11 is 0. The van der Waals surface area contributed by atoms with Gasteiger partial charge >= 0.3 is 0 Å². The molecule has 0 spiro atoms. The van der Waals surface area contributed by atoms with Gasteiger partial charge < -0.3 is 4.43 Å². The second kappa shape index (κ2) is 9.57. The van der Waals surface area contributed by atoms with Crippen molar-refractivity contribution in [3.05, 3.63) is 60.7 Å². The minimum Gasteiger partial charge on any atom is -0.406 e. The van der Waals surface area contributed by atoms with Gasteiger partial charge in [0.25, 0.3) is 8.32 Å². The molecule has 1 aliphatic heterocycles. The van der Waals surface area contributed by atoms with Crippen LogP contribution >= 0.6 is 0 Å². The maximum Gasteiger partial charge on any atom is 0.261 e. The zero-order chi connectivity index (χ0) is 22.7. The SMILES string of the molecule is CN=S(=O)(C(C)C)N1CCC[C@@H]1CO[Si](c1ccccc1)(c1ccccc1)C(C)(C)C. The molecule has 1 heterocycles. The molecular formula is C25H38N2O2SSi. The third kappa shape index (κ3) is 4.54. The summed E-state index contributed by atoms with van der Waals surface area (Å²) in [5.41, 5.74) is 0. The predicted octanol–water partition coefficient (Wildman–Crippen LogP) is 4.45. The fourth-order valence-electron chi connectivity index (χ4n) is 4.89. The second-order valence-corrected chi connectivity index (χ2v) is 16.8. The van der Waals surface area contributed by atoms with Gasteiger partial charge in [-0.05, 0) is 42.1 Å². The lowest BCUT2D eigenvalue weighted by molar-refractivity contribution is 0.223. The summed E-state index contributed by atoms with van der Waals surface area (Å²) in [6, 6.07) is 21.6. The Morgan fingerprint density at radius 3 is 2.00 bits per heavy atom. The summed E-state index contributed by atoms with van der Waals surface area (Å²) in [7, 11) is -3.31. The van der Waals surface area contributed by atoms with Crippen molar-refractivity contribution in [1.29, 1.82) is 0 Å². The van der Waals surface area contributed by atoms with E-state index in [2.05, 4.69) is 90.1 Å². The van der Waals surface area contributed by atoms with E-state index in [9.17, 15) is 4.21 Å². The van der Waals surface area contributed by atoms with E-state index in [1.165, 1.54) is 10.4 Å². The van der Waals surface area contributed by atoms with E-state index >= 15 is 0 Å². The highest BCUT2D eigenvalue weighted by atomic mass is 32.2. The third-order valence-corrected chi connectivity index (χ3v) is 14.4. The van der Waals surface area contributed by atoms with E-state index in [0.717, 1.165) is 19.4 Å². The smallest absolute Gasteiger partial charge is 0.261 e. The highest BCUT2D eigenvalue weighted by Gasteiger charge is 2.51. The van der Waals surface area contributed by atoms with Crippen molar-refractivity contribution in [1.82, 2.24) is 4.31 Å². The van der Waals surface area contributed by atoms with Crippen LogP contribution in [-0.2, 0) is 14.3 Å². The molecule has 0 bridgehead atoms. The van der Waals surface area contributed by atoms with Crippen LogP contribution in [-0.4, -0.2) is 48.3 Å². The van der Waals surface area contributed by atoms with Crippen LogP contribution in [0, 0.1) is 0 Å². The van der Waals surface area contributed by atoms with Gasteiger partial charge in [0, 0.05) is 19.6 Å². The lowest BCUT2D eigenvalue weighted by Gasteiger charge is -2.44. The standard InChI is InChI=1S/C25H38N2O2SSi/c1-21(2)30(28,26-6)27-19-13-14-22(27)20-29-31(25(3,4)5,23-15-9-7-10-16-23)24-17-11-8-12-18-24/h7-12,15-18,21-22H,13-14,19-20H2,1-6H3/t22-,30?/m1/s1. The average molecular weight is 459 g/mol. The van der Waals surface area contributed by atoms with E-state index in [1.54, 1.807) is 7.05 Å². The molecule has 1 unspecified atom stereocenters. The molecule has 170 valence electrons. The van der Waals surface area contributed by atoms with Crippen molar-refractivity contribution in [3.63, 3.8) is 0 Å². The summed E-state index contributed by atoms with van der Waals surface area (Å²) in [6.07, 6.45) is 2.03. The van der Waals surface area contributed by atoms with Gasteiger partial charge in [-0.1, -0.05) is 81.4 Å². The lowest BCUT2D eigenvalue weighted by Crippen LogP contribution is -2.67. The van der Waals surface area contributed by atoms with Crippen LogP contribution < -0.4 is 10.4 Å². The molecule has 0 saturated carbocycles. The Balaban J connectivity index is 2.03. The largest absolute Gasteiger partial charge is 0.406 e. The van der Waals surface area contributed by atoms with Crippen LogP contribution in [0.1, 0.15) is 47.5 Å². The summed E-state index contributed by atoms with van der Waals surface area (Å²) in [5.74, 6) is 0.